The molecule has 3 atom stereocenters. The predicted octanol–water partition coefficient (Wildman–Crippen LogP) is 3.78. The standard InChI is InChI=1S/C17H23NO3/c1-4-12(3)14(5-2)16(19)18-15(11-21-17(18)20)13-9-7-6-8-10-13/h6-10,12,14-15H,4-5,11H2,1-3H3/t12-,14-,15+/m0/s1. The van der Waals surface area contributed by atoms with Gasteiger partial charge in [-0.05, 0) is 17.9 Å². The van der Waals surface area contributed by atoms with Gasteiger partial charge in [-0.1, -0.05) is 57.5 Å². The van der Waals surface area contributed by atoms with Crippen molar-refractivity contribution in [3.63, 3.8) is 0 Å². The van der Waals surface area contributed by atoms with Crippen LogP contribution in [0.3, 0.4) is 0 Å². The third kappa shape index (κ3) is 3.09. The van der Waals surface area contributed by atoms with E-state index < -0.39 is 6.09 Å². The monoisotopic (exact) mass is 289 g/mol. The zero-order valence-electron chi connectivity index (χ0n) is 12.9. The molecule has 1 aromatic carbocycles. The van der Waals surface area contributed by atoms with Crippen LogP contribution in [0.1, 0.15) is 45.2 Å². The minimum atomic E-state index is -0.518. The first-order chi connectivity index (χ1) is 10.1. The minimum absolute atomic E-state index is 0.108. The summed E-state index contributed by atoms with van der Waals surface area (Å²) in [5.74, 6) is 0.0161. The van der Waals surface area contributed by atoms with Crippen LogP contribution in [-0.4, -0.2) is 23.5 Å². The van der Waals surface area contributed by atoms with Crippen molar-refractivity contribution in [1.82, 2.24) is 4.90 Å². The zero-order chi connectivity index (χ0) is 15.4. The van der Waals surface area contributed by atoms with Gasteiger partial charge < -0.3 is 4.74 Å². The molecule has 4 heteroatoms. The van der Waals surface area contributed by atoms with Crippen LogP contribution in [0.2, 0.25) is 0 Å². The smallest absolute Gasteiger partial charge is 0.417 e. The number of carbonyl (C=O) groups is 2. The highest BCUT2D eigenvalue weighted by atomic mass is 16.6. The van der Waals surface area contributed by atoms with Crippen molar-refractivity contribution in [3.8, 4) is 0 Å². The third-order valence-corrected chi connectivity index (χ3v) is 4.38. The molecule has 0 aliphatic carbocycles. The number of amides is 2. The van der Waals surface area contributed by atoms with E-state index in [0.29, 0.717) is 0 Å². The van der Waals surface area contributed by atoms with E-state index in [9.17, 15) is 9.59 Å². The molecule has 0 radical (unpaired) electrons. The highest BCUT2D eigenvalue weighted by molar-refractivity contribution is 5.95. The Hall–Kier alpha value is -1.84. The maximum Gasteiger partial charge on any atom is 0.417 e. The van der Waals surface area contributed by atoms with Crippen LogP contribution in [-0.2, 0) is 9.53 Å². The first kappa shape index (κ1) is 15.5. The second-order valence-electron chi connectivity index (χ2n) is 5.61. The van der Waals surface area contributed by atoms with Gasteiger partial charge in [0.25, 0.3) is 0 Å². The number of cyclic esters (lactones) is 1. The summed E-state index contributed by atoms with van der Waals surface area (Å²) in [4.78, 5) is 26.1. The van der Waals surface area contributed by atoms with Gasteiger partial charge in [0.2, 0.25) is 5.91 Å². The Kier molecular flexibility index (Phi) is 4.99. The summed E-state index contributed by atoms with van der Waals surface area (Å²) in [6.07, 6.45) is 1.14. The van der Waals surface area contributed by atoms with Crippen molar-refractivity contribution in [2.24, 2.45) is 11.8 Å². The van der Waals surface area contributed by atoms with Crippen molar-refractivity contribution in [1.29, 1.82) is 0 Å². The van der Waals surface area contributed by atoms with Gasteiger partial charge in [-0.3, -0.25) is 4.79 Å². The molecule has 1 aromatic rings. The Balaban J connectivity index is 2.26. The van der Waals surface area contributed by atoms with E-state index in [0.717, 1.165) is 18.4 Å². The maximum atomic E-state index is 12.8. The molecule has 21 heavy (non-hydrogen) atoms. The van der Waals surface area contributed by atoms with E-state index in [1.165, 1.54) is 4.90 Å². The lowest BCUT2D eigenvalue weighted by Gasteiger charge is -2.27. The number of benzene rings is 1. The number of hydrogen-bond donors (Lipinski definition) is 0. The summed E-state index contributed by atoms with van der Waals surface area (Å²) in [6, 6.07) is 9.29. The van der Waals surface area contributed by atoms with Crippen molar-refractivity contribution in [2.45, 2.75) is 39.7 Å². The van der Waals surface area contributed by atoms with Crippen LogP contribution in [0, 0.1) is 11.8 Å². The number of ether oxygens (including phenoxy) is 1. The van der Waals surface area contributed by atoms with E-state index in [2.05, 4.69) is 13.8 Å². The first-order valence-electron chi connectivity index (χ1n) is 7.64. The summed E-state index contributed by atoms with van der Waals surface area (Å²) in [5.41, 5.74) is 0.940. The van der Waals surface area contributed by atoms with Crippen molar-refractivity contribution < 1.29 is 14.3 Å². The molecular formula is C17H23NO3. The van der Waals surface area contributed by atoms with Crippen LogP contribution >= 0.6 is 0 Å². The van der Waals surface area contributed by atoms with Crippen molar-refractivity contribution >= 4 is 12.0 Å². The molecule has 1 saturated heterocycles. The number of hydrogen-bond acceptors (Lipinski definition) is 3. The molecule has 2 amide bonds. The summed E-state index contributed by atoms with van der Waals surface area (Å²) >= 11 is 0. The van der Waals surface area contributed by atoms with E-state index in [-0.39, 0.29) is 30.4 Å². The summed E-state index contributed by atoms with van der Waals surface area (Å²) in [7, 11) is 0. The lowest BCUT2D eigenvalue weighted by atomic mass is 9.88. The van der Waals surface area contributed by atoms with Crippen LogP contribution in [0.4, 0.5) is 4.79 Å². The van der Waals surface area contributed by atoms with Gasteiger partial charge >= 0.3 is 6.09 Å². The molecule has 0 aromatic heterocycles. The van der Waals surface area contributed by atoms with E-state index in [4.69, 9.17) is 4.74 Å². The fraction of sp³-hybridized carbons (Fsp3) is 0.529. The molecule has 0 bridgehead atoms. The summed E-state index contributed by atoms with van der Waals surface area (Å²) < 4.78 is 5.13. The molecule has 0 saturated carbocycles. The van der Waals surface area contributed by atoms with Gasteiger partial charge in [0, 0.05) is 5.92 Å². The molecule has 114 valence electrons. The van der Waals surface area contributed by atoms with Crippen LogP contribution in [0.5, 0.6) is 0 Å². The average Bonchev–Trinajstić information content (AvgIpc) is 2.90. The fourth-order valence-electron chi connectivity index (χ4n) is 2.87. The molecule has 1 fully saturated rings. The van der Waals surface area contributed by atoms with Gasteiger partial charge in [0.1, 0.15) is 12.6 Å². The molecular weight excluding hydrogens is 266 g/mol. The number of rotatable bonds is 5. The summed E-state index contributed by atoms with van der Waals surface area (Å²) in [6.45, 7) is 6.36. The van der Waals surface area contributed by atoms with Gasteiger partial charge in [-0.15, -0.1) is 0 Å². The topological polar surface area (TPSA) is 46.6 Å². The number of imide groups is 1. The molecule has 4 nitrogen and oxygen atoms in total. The second kappa shape index (κ2) is 6.74. The largest absolute Gasteiger partial charge is 0.446 e. The van der Waals surface area contributed by atoms with Gasteiger partial charge in [-0.2, -0.15) is 0 Å². The van der Waals surface area contributed by atoms with Crippen LogP contribution in [0.25, 0.3) is 0 Å². The predicted molar refractivity (Wildman–Crippen MR) is 80.6 cm³/mol. The quantitative estimate of drug-likeness (QED) is 0.828. The van der Waals surface area contributed by atoms with Gasteiger partial charge in [0.05, 0.1) is 0 Å². The lowest BCUT2D eigenvalue weighted by Crippen LogP contribution is -2.40. The number of carbonyl (C=O) groups excluding carboxylic acids is 2. The second-order valence-corrected chi connectivity index (χ2v) is 5.61. The number of nitrogens with zero attached hydrogens (tertiary/aromatic N) is 1. The molecule has 2 rings (SSSR count). The van der Waals surface area contributed by atoms with Crippen LogP contribution in [0.15, 0.2) is 30.3 Å². The van der Waals surface area contributed by atoms with E-state index >= 15 is 0 Å². The maximum absolute atomic E-state index is 12.8. The Morgan fingerprint density at radius 3 is 2.52 bits per heavy atom. The van der Waals surface area contributed by atoms with E-state index in [1.807, 2.05) is 37.3 Å². The molecule has 1 aliphatic rings. The molecule has 0 spiro atoms. The fourth-order valence-corrected chi connectivity index (χ4v) is 2.87. The Morgan fingerprint density at radius 1 is 1.29 bits per heavy atom. The lowest BCUT2D eigenvalue weighted by molar-refractivity contribution is -0.135. The SMILES string of the molecule is CC[C@H](C(=O)N1C(=O)OC[C@@H]1c1ccccc1)[C@@H](C)CC. The molecule has 0 unspecified atom stereocenters. The molecule has 0 N–H and O–H groups in total. The van der Waals surface area contributed by atoms with Gasteiger partial charge in [0.15, 0.2) is 0 Å². The van der Waals surface area contributed by atoms with Crippen LogP contribution < -0.4 is 0 Å². The average molecular weight is 289 g/mol. The third-order valence-electron chi connectivity index (χ3n) is 4.38. The zero-order valence-corrected chi connectivity index (χ0v) is 12.9. The van der Waals surface area contributed by atoms with E-state index in [1.54, 1.807) is 0 Å². The minimum Gasteiger partial charge on any atom is -0.446 e. The van der Waals surface area contributed by atoms with Crippen molar-refractivity contribution in [3.05, 3.63) is 35.9 Å². The summed E-state index contributed by atoms with van der Waals surface area (Å²) in [5, 5.41) is 0. The first-order valence-corrected chi connectivity index (χ1v) is 7.64. The Bertz CT molecular complexity index is 500. The highest BCUT2D eigenvalue weighted by Crippen LogP contribution is 2.32. The Labute approximate surface area is 126 Å². The molecule has 1 aliphatic heterocycles. The highest BCUT2D eigenvalue weighted by Gasteiger charge is 2.41. The van der Waals surface area contributed by atoms with Gasteiger partial charge in [-0.25, -0.2) is 9.69 Å². The normalized spacial score (nSPS) is 21.0. The Morgan fingerprint density at radius 2 is 1.95 bits per heavy atom. The molecule has 1 heterocycles. The van der Waals surface area contributed by atoms with Crippen molar-refractivity contribution in [2.75, 3.05) is 6.61 Å².